The second-order valence-corrected chi connectivity index (χ2v) is 5.95. The number of hydrogen-bond acceptors (Lipinski definition) is 6. The highest BCUT2D eigenvalue weighted by Crippen LogP contribution is 2.31. The molecule has 0 radical (unpaired) electrons. The summed E-state index contributed by atoms with van der Waals surface area (Å²) in [6, 6.07) is 6.32. The SMILES string of the molecule is Cn1ncnc1COc1nn2c(-c3ccccc3F)nncc2c1Br. The Bertz CT molecular complexity index is 1060. The minimum absolute atomic E-state index is 0.189. The molecule has 0 aliphatic rings. The summed E-state index contributed by atoms with van der Waals surface area (Å²) >= 11 is 3.45. The quantitative estimate of drug-likeness (QED) is 0.520. The van der Waals surface area contributed by atoms with Gasteiger partial charge in [-0.1, -0.05) is 12.1 Å². The fraction of sp³-hybridized carbons (Fsp3) is 0.133. The minimum atomic E-state index is -0.405. The van der Waals surface area contributed by atoms with Gasteiger partial charge >= 0.3 is 0 Å². The van der Waals surface area contributed by atoms with E-state index >= 15 is 0 Å². The van der Waals surface area contributed by atoms with E-state index in [1.54, 1.807) is 29.9 Å². The Labute approximate surface area is 149 Å². The molecule has 25 heavy (non-hydrogen) atoms. The van der Waals surface area contributed by atoms with Gasteiger partial charge in [0.15, 0.2) is 11.6 Å². The smallest absolute Gasteiger partial charge is 0.248 e. The van der Waals surface area contributed by atoms with E-state index < -0.39 is 5.82 Å². The summed E-state index contributed by atoms with van der Waals surface area (Å²) in [4.78, 5) is 4.09. The molecule has 126 valence electrons. The Morgan fingerprint density at radius 2 is 2.12 bits per heavy atom. The Kier molecular flexibility index (Phi) is 3.88. The third-order valence-electron chi connectivity index (χ3n) is 3.62. The maximum atomic E-state index is 14.1. The zero-order valence-corrected chi connectivity index (χ0v) is 14.6. The summed E-state index contributed by atoms with van der Waals surface area (Å²) in [5.41, 5.74) is 0.914. The molecule has 3 heterocycles. The molecular formula is C15H11BrFN7O. The first kappa shape index (κ1) is 15.6. The number of benzene rings is 1. The zero-order valence-electron chi connectivity index (χ0n) is 13.0. The van der Waals surface area contributed by atoms with Crippen LogP contribution in [0.5, 0.6) is 5.88 Å². The van der Waals surface area contributed by atoms with Crippen molar-refractivity contribution in [3.8, 4) is 17.3 Å². The van der Waals surface area contributed by atoms with Crippen molar-refractivity contribution in [2.75, 3.05) is 0 Å². The van der Waals surface area contributed by atoms with Crippen LogP contribution in [0, 0.1) is 5.82 Å². The van der Waals surface area contributed by atoms with Gasteiger partial charge in [-0.3, -0.25) is 4.68 Å². The summed E-state index contributed by atoms with van der Waals surface area (Å²) in [7, 11) is 1.77. The van der Waals surface area contributed by atoms with Crippen LogP contribution in [0.1, 0.15) is 5.82 Å². The molecule has 4 aromatic rings. The van der Waals surface area contributed by atoms with E-state index in [1.165, 1.54) is 23.1 Å². The molecule has 0 atom stereocenters. The lowest BCUT2D eigenvalue weighted by Crippen LogP contribution is -2.05. The fourth-order valence-corrected chi connectivity index (χ4v) is 2.80. The van der Waals surface area contributed by atoms with E-state index in [2.05, 4.69) is 41.3 Å². The molecule has 10 heteroatoms. The largest absolute Gasteiger partial charge is 0.468 e. The van der Waals surface area contributed by atoms with Crippen molar-refractivity contribution in [1.29, 1.82) is 0 Å². The molecular weight excluding hydrogens is 393 g/mol. The molecule has 0 aliphatic carbocycles. The second kappa shape index (κ2) is 6.20. The van der Waals surface area contributed by atoms with Crippen molar-refractivity contribution in [2.24, 2.45) is 7.05 Å². The van der Waals surface area contributed by atoms with Crippen molar-refractivity contribution >= 4 is 21.4 Å². The van der Waals surface area contributed by atoms with Crippen LogP contribution in [-0.4, -0.2) is 34.6 Å². The van der Waals surface area contributed by atoms with Gasteiger partial charge in [0.25, 0.3) is 0 Å². The van der Waals surface area contributed by atoms with E-state index in [0.29, 0.717) is 27.3 Å². The van der Waals surface area contributed by atoms with Gasteiger partial charge < -0.3 is 4.74 Å². The predicted molar refractivity (Wildman–Crippen MR) is 89.2 cm³/mol. The van der Waals surface area contributed by atoms with E-state index in [1.807, 2.05) is 0 Å². The molecule has 0 unspecified atom stereocenters. The average molecular weight is 404 g/mol. The topological polar surface area (TPSA) is 83.0 Å². The molecule has 0 bridgehead atoms. The van der Waals surface area contributed by atoms with E-state index in [-0.39, 0.29) is 12.4 Å². The first-order valence-electron chi connectivity index (χ1n) is 7.25. The third kappa shape index (κ3) is 2.74. The van der Waals surface area contributed by atoms with Crippen molar-refractivity contribution in [1.82, 2.24) is 34.6 Å². The highest BCUT2D eigenvalue weighted by molar-refractivity contribution is 9.10. The first-order chi connectivity index (χ1) is 12.1. The molecule has 0 fully saturated rings. The third-order valence-corrected chi connectivity index (χ3v) is 4.37. The molecule has 4 rings (SSSR count). The Balaban J connectivity index is 1.76. The van der Waals surface area contributed by atoms with Gasteiger partial charge in [-0.25, -0.2) is 13.9 Å². The fourth-order valence-electron chi connectivity index (χ4n) is 2.33. The summed E-state index contributed by atoms with van der Waals surface area (Å²) in [6.07, 6.45) is 2.97. The van der Waals surface area contributed by atoms with Gasteiger partial charge in [0, 0.05) is 7.05 Å². The van der Waals surface area contributed by atoms with Crippen LogP contribution in [0.3, 0.4) is 0 Å². The number of nitrogens with zero attached hydrogens (tertiary/aromatic N) is 7. The molecule has 0 saturated heterocycles. The monoisotopic (exact) mass is 403 g/mol. The maximum absolute atomic E-state index is 14.1. The Morgan fingerprint density at radius 1 is 1.28 bits per heavy atom. The van der Waals surface area contributed by atoms with Crippen molar-refractivity contribution in [2.45, 2.75) is 6.61 Å². The molecule has 0 spiro atoms. The standard InChI is InChI=1S/C15H11BrFN7O/c1-23-12(18-8-20-23)7-25-15-13(16)11-6-19-21-14(24(11)22-15)9-4-2-3-5-10(9)17/h2-6,8H,7H2,1H3. The highest BCUT2D eigenvalue weighted by atomic mass is 79.9. The van der Waals surface area contributed by atoms with Crippen LogP contribution in [0.4, 0.5) is 4.39 Å². The molecule has 0 amide bonds. The van der Waals surface area contributed by atoms with Crippen LogP contribution in [0.25, 0.3) is 16.9 Å². The van der Waals surface area contributed by atoms with Crippen LogP contribution < -0.4 is 4.74 Å². The molecule has 1 aromatic carbocycles. The van der Waals surface area contributed by atoms with Crippen LogP contribution in [0.2, 0.25) is 0 Å². The number of ether oxygens (including phenoxy) is 1. The second-order valence-electron chi connectivity index (χ2n) is 5.15. The first-order valence-corrected chi connectivity index (χ1v) is 8.05. The van der Waals surface area contributed by atoms with Gasteiger partial charge in [0.05, 0.1) is 11.8 Å². The molecule has 3 aromatic heterocycles. The Morgan fingerprint density at radius 3 is 2.88 bits per heavy atom. The van der Waals surface area contributed by atoms with Crippen molar-refractivity contribution < 1.29 is 9.13 Å². The predicted octanol–water partition coefficient (Wildman–Crippen LogP) is 2.40. The number of hydrogen-bond donors (Lipinski definition) is 0. The van der Waals surface area contributed by atoms with Crippen molar-refractivity contribution in [3.63, 3.8) is 0 Å². The normalized spacial score (nSPS) is 11.2. The molecule has 0 N–H and O–H groups in total. The number of aromatic nitrogens is 7. The van der Waals surface area contributed by atoms with Gasteiger partial charge in [-0.05, 0) is 28.1 Å². The summed E-state index contributed by atoms with van der Waals surface area (Å²) in [5.74, 6) is 0.854. The van der Waals surface area contributed by atoms with E-state index in [4.69, 9.17) is 4.74 Å². The van der Waals surface area contributed by atoms with Gasteiger partial charge in [0.1, 0.15) is 28.7 Å². The van der Waals surface area contributed by atoms with E-state index in [0.717, 1.165) is 0 Å². The molecule has 0 saturated carbocycles. The van der Waals surface area contributed by atoms with E-state index in [9.17, 15) is 4.39 Å². The summed E-state index contributed by atoms with van der Waals surface area (Å²) in [5, 5.41) is 16.3. The number of fused-ring (bicyclic) bond motifs is 1. The Hall–Kier alpha value is -2.88. The molecule has 0 aliphatic heterocycles. The minimum Gasteiger partial charge on any atom is -0.468 e. The van der Waals surface area contributed by atoms with Crippen molar-refractivity contribution in [3.05, 3.63) is 52.9 Å². The number of aryl methyl sites for hydroxylation is 1. The lowest BCUT2D eigenvalue weighted by molar-refractivity contribution is 0.275. The zero-order chi connectivity index (χ0) is 17.4. The highest BCUT2D eigenvalue weighted by Gasteiger charge is 2.18. The number of halogens is 2. The van der Waals surface area contributed by atoms with Gasteiger partial charge in [0.2, 0.25) is 5.88 Å². The lowest BCUT2D eigenvalue weighted by Gasteiger charge is -2.03. The van der Waals surface area contributed by atoms with Gasteiger partial charge in [-0.15, -0.1) is 10.2 Å². The van der Waals surface area contributed by atoms with Crippen LogP contribution >= 0.6 is 15.9 Å². The summed E-state index contributed by atoms with van der Waals surface area (Å²) in [6.45, 7) is 0.189. The average Bonchev–Trinajstić information content (AvgIpc) is 3.17. The summed E-state index contributed by atoms with van der Waals surface area (Å²) < 4.78 is 23.5. The molecule has 8 nitrogen and oxygen atoms in total. The van der Waals surface area contributed by atoms with Crippen LogP contribution in [-0.2, 0) is 13.7 Å². The van der Waals surface area contributed by atoms with Crippen LogP contribution in [0.15, 0.2) is 41.3 Å². The number of rotatable bonds is 4. The van der Waals surface area contributed by atoms with Gasteiger partial charge in [-0.2, -0.15) is 10.2 Å². The lowest BCUT2D eigenvalue weighted by atomic mass is 10.2. The maximum Gasteiger partial charge on any atom is 0.248 e.